The topological polar surface area (TPSA) is 0 Å². The largest absolute Gasteiger partial charge is 0.417 e. The summed E-state index contributed by atoms with van der Waals surface area (Å²) in [5.41, 5.74) is 0.686. The number of alkyl halides is 3. The molecule has 1 saturated carbocycles. The lowest BCUT2D eigenvalue weighted by Gasteiger charge is -2.43. The van der Waals surface area contributed by atoms with E-state index in [9.17, 15) is 13.2 Å². The van der Waals surface area contributed by atoms with E-state index in [4.69, 9.17) is 0 Å². The Kier molecular flexibility index (Phi) is 6.48. The molecule has 0 bridgehead atoms. The van der Waals surface area contributed by atoms with Gasteiger partial charge in [0.05, 0.1) is 5.56 Å². The maximum atomic E-state index is 14.2. The lowest BCUT2D eigenvalue weighted by molar-refractivity contribution is -0.137. The van der Waals surface area contributed by atoms with Gasteiger partial charge in [-0.1, -0.05) is 85.7 Å². The lowest BCUT2D eigenvalue weighted by atomic mass is 9.61. The van der Waals surface area contributed by atoms with Crippen LogP contribution in [0.15, 0.2) is 48.5 Å². The zero-order valence-electron chi connectivity index (χ0n) is 22.3. The summed E-state index contributed by atoms with van der Waals surface area (Å²) in [5.74, 6) is 1.94. The maximum absolute atomic E-state index is 14.2. The maximum Gasteiger partial charge on any atom is 0.417 e. The molecular formula is C31H39F3S. The normalized spacial score (nSPS) is 21.5. The monoisotopic (exact) mass is 500 g/mol. The van der Waals surface area contributed by atoms with Gasteiger partial charge >= 0.3 is 6.18 Å². The Hall–Kier alpha value is -1.81. The molecule has 2 aromatic carbocycles. The summed E-state index contributed by atoms with van der Waals surface area (Å²) in [7, 11) is 0. The van der Waals surface area contributed by atoms with Gasteiger partial charge in [-0.3, -0.25) is 0 Å². The van der Waals surface area contributed by atoms with E-state index in [2.05, 4.69) is 55.4 Å². The minimum atomic E-state index is -4.40. The van der Waals surface area contributed by atoms with E-state index in [1.807, 2.05) is 36.4 Å². The van der Waals surface area contributed by atoms with E-state index in [0.29, 0.717) is 29.1 Å². The van der Waals surface area contributed by atoms with E-state index < -0.39 is 11.7 Å². The van der Waals surface area contributed by atoms with Crippen molar-refractivity contribution in [1.29, 1.82) is 0 Å². The lowest BCUT2D eigenvalue weighted by Crippen LogP contribution is -2.37. The van der Waals surface area contributed by atoms with Gasteiger partial charge in [-0.25, -0.2) is 0 Å². The predicted octanol–water partition coefficient (Wildman–Crippen LogP) is 10.5. The van der Waals surface area contributed by atoms with Crippen molar-refractivity contribution in [3.05, 3.63) is 59.7 Å². The fourth-order valence-electron chi connectivity index (χ4n) is 6.21. The fourth-order valence-corrected chi connectivity index (χ4v) is 7.31. The molecule has 0 amide bonds. The first kappa shape index (κ1) is 26.3. The van der Waals surface area contributed by atoms with Gasteiger partial charge in [0.15, 0.2) is 0 Å². The van der Waals surface area contributed by atoms with Crippen molar-refractivity contribution in [3.8, 4) is 10.4 Å². The van der Waals surface area contributed by atoms with E-state index >= 15 is 0 Å². The summed E-state index contributed by atoms with van der Waals surface area (Å²) < 4.78 is 43.7. The number of hydrogen-bond acceptors (Lipinski definition) is 1. The molecule has 0 saturated heterocycles. The summed E-state index contributed by atoms with van der Waals surface area (Å²) in [6, 6.07) is 14.6. The van der Waals surface area contributed by atoms with Crippen LogP contribution in [0, 0.1) is 34.0 Å². The molecule has 35 heavy (non-hydrogen) atoms. The second kappa shape index (κ2) is 8.64. The number of rotatable bonds is 6. The van der Waals surface area contributed by atoms with Crippen LogP contribution >= 0.6 is 11.3 Å². The molecule has 0 radical (unpaired) electrons. The first-order valence-electron chi connectivity index (χ1n) is 12.7. The van der Waals surface area contributed by atoms with Gasteiger partial charge in [0.25, 0.3) is 0 Å². The Bertz CT molecular complexity index is 1170. The van der Waals surface area contributed by atoms with Crippen molar-refractivity contribution in [3.63, 3.8) is 0 Å². The average molecular weight is 501 g/mol. The molecule has 1 aromatic heterocycles. The molecule has 190 valence electrons. The van der Waals surface area contributed by atoms with Crippen molar-refractivity contribution in [2.75, 3.05) is 0 Å². The Labute approximate surface area is 213 Å². The molecule has 3 unspecified atom stereocenters. The summed E-state index contributed by atoms with van der Waals surface area (Å²) in [5, 5.41) is 0.982. The average Bonchev–Trinajstić information content (AvgIpc) is 3.16. The molecule has 1 aliphatic rings. The summed E-state index contributed by atoms with van der Waals surface area (Å²) in [6.07, 6.45) is -2.58. The molecule has 4 heteroatoms. The smallest absolute Gasteiger partial charge is 0.166 e. The molecule has 1 heterocycles. The zero-order valence-corrected chi connectivity index (χ0v) is 23.1. The highest BCUT2D eigenvalue weighted by molar-refractivity contribution is 7.22. The summed E-state index contributed by atoms with van der Waals surface area (Å²) in [4.78, 5) is 0.668. The number of thiophene rings is 1. The van der Waals surface area contributed by atoms with Crippen LogP contribution < -0.4 is 0 Å². The first-order valence-corrected chi connectivity index (χ1v) is 13.5. The van der Waals surface area contributed by atoms with Gasteiger partial charge in [0.2, 0.25) is 0 Å². The van der Waals surface area contributed by atoms with Crippen LogP contribution in [0.25, 0.3) is 20.5 Å². The molecule has 1 fully saturated rings. The highest BCUT2D eigenvalue weighted by Crippen LogP contribution is 2.65. The Morgan fingerprint density at radius 1 is 0.857 bits per heavy atom. The van der Waals surface area contributed by atoms with Gasteiger partial charge in [-0.15, -0.1) is 11.3 Å². The highest BCUT2D eigenvalue weighted by atomic mass is 32.1. The minimum absolute atomic E-state index is 0.0187. The van der Waals surface area contributed by atoms with Gasteiger partial charge in [-0.05, 0) is 76.0 Å². The van der Waals surface area contributed by atoms with Crippen molar-refractivity contribution < 1.29 is 13.2 Å². The van der Waals surface area contributed by atoms with Gasteiger partial charge in [0.1, 0.15) is 0 Å². The molecule has 3 atom stereocenters. The fraction of sp³-hybridized carbons (Fsp3) is 0.548. The molecule has 3 aromatic rings. The minimum Gasteiger partial charge on any atom is -0.166 e. The van der Waals surface area contributed by atoms with E-state index in [-0.39, 0.29) is 21.8 Å². The summed E-state index contributed by atoms with van der Waals surface area (Å²) in [6.45, 7) is 18.4. The molecule has 1 aliphatic carbocycles. The van der Waals surface area contributed by atoms with Crippen molar-refractivity contribution >= 4 is 21.4 Å². The van der Waals surface area contributed by atoms with Crippen LogP contribution in [0.1, 0.15) is 72.9 Å². The molecular weight excluding hydrogens is 461 g/mol. The van der Waals surface area contributed by atoms with Gasteiger partial charge < -0.3 is 0 Å². The Morgan fingerprint density at radius 2 is 1.51 bits per heavy atom. The molecule has 0 spiro atoms. The van der Waals surface area contributed by atoms with Crippen molar-refractivity contribution in [2.45, 2.75) is 74.4 Å². The third-order valence-electron chi connectivity index (χ3n) is 8.71. The van der Waals surface area contributed by atoms with E-state index in [1.165, 1.54) is 23.8 Å². The van der Waals surface area contributed by atoms with Crippen molar-refractivity contribution in [2.24, 2.45) is 34.0 Å². The van der Waals surface area contributed by atoms with Crippen LogP contribution in [-0.4, -0.2) is 0 Å². The number of benzene rings is 2. The van der Waals surface area contributed by atoms with Crippen LogP contribution in [0.5, 0.6) is 0 Å². The molecule has 0 N–H and O–H groups in total. The van der Waals surface area contributed by atoms with Crippen LogP contribution in [0.3, 0.4) is 0 Å². The SMILES string of the molecule is CC1C(CC(C)(C)C)C1C(C)(C)C(C)(C)Cc1ccc(-c2cc3ccccc3s2)c(C(F)(F)F)c1. The number of hydrogen-bond donors (Lipinski definition) is 0. The second-order valence-corrected chi connectivity index (χ2v) is 14.2. The second-order valence-electron chi connectivity index (χ2n) is 13.1. The molecule has 0 aliphatic heterocycles. The zero-order chi connectivity index (χ0) is 26.0. The third kappa shape index (κ3) is 5.19. The van der Waals surface area contributed by atoms with Crippen LogP contribution in [-0.2, 0) is 12.6 Å². The first-order chi connectivity index (χ1) is 16.0. The number of fused-ring (bicyclic) bond motifs is 1. The standard InChI is InChI=1S/C31H39F3S/c1-19-23(18-28(2,3)4)27(19)30(7,8)29(5,6)17-20-13-14-22(24(15-20)31(32,33)34)26-16-21-11-9-10-12-25(21)35-26/h9-16,19,23,27H,17-18H2,1-8H3. The van der Waals surface area contributed by atoms with Gasteiger partial charge in [-0.2, -0.15) is 13.2 Å². The Morgan fingerprint density at radius 3 is 2.11 bits per heavy atom. The van der Waals surface area contributed by atoms with E-state index in [1.54, 1.807) is 6.07 Å². The van der Waals surface area contributed by atoms with Crippen molar-refractivity contribution in [1.82, 2.24) is 0 Å². The van der Waals surface area contributed by atoms with Gasteiger partial charge in [0, 0.05) is 15.1 Å². The molecule has 4 rings (SSSR count). The molecule has 0 nitrogen and oxygen atoms in total. The number of halogens is 3. The van der Waals surface area contributed by atoms with Crippen LogP contribution in [0.2, 0.25) is 0 Å². The van der Waals surface area contributed by atoms with Crippen LogP contribution in [0.4, 0.5) is 13.2 Å². The predicted molar refractivity (Wildman–Crippen MR) is 144 cm³/mol. The van der Waals surface area contributed by atoms with E-state index in [0.717, 1.165) is 15.6 Å². The highest BCUT2D eigenvalue weighted by Gasteiger charge is 2.59. The quantitative estimate of drug-likeness (QED) is 0.316. The summed E-state index contributed by atoms with van der Waals surface area (Å²) >= 11 is 1.42. The third-order valence-corrected chi connectivity index (χ3v) is 9.86. The Balaban J connectivity index is 1.64.